The predicted molar refractivity (Wildman–Crippen MR) is 210 cm³/mol. The number of benzene rings is 3. The van der Waals surface area contributed by atoms with Crippen LogP contribution in [0.5, 0.6) is 0 Å². The summed E-state index contributed by atoms with van der Waals surface area (Å²) in [4.78, 5) is 74.1. The Hall–Kier alpha value is -5.41. The maximum absolute atomic E-state index is 16.2. The summed E-state index contributed by atoms with van der Waals surface area (Å²) in [7, 11) is 0. The van der Waals surface area contributed by atoms with E-state index in [-0.39, 0.29) is 40.5 Å². The molecule has 6 aliphatic rings. The molecule has 1 aliphatic carbocycles. The van der Waals surface area contributed by atoms with Crippen molar-refractivity contribution in [1.29, 1.82) is 0 Å². The minimum atomic E-state index is -2.72. The number of fused-ring (bicyclic) bond motifs is 5. The highest BCUT2D eigenvalue weighted by molar-refractivity contribution is 6.23. The number of amides is 5. The van der Waals surface area contributed by atoms with Crippen molar-refractivity contribution in [2.24, 2.45) is 11.3 Å². The molecule has 1 aromatic heterocycles. The second-order valence-corrected chi connectivity index (χ2v) is 17.8. The van der Waals surface area contributed by atoms with Crippen molar-refractivity contribution >= 4 is 40.4 Å². The average Bonchev–Trinajstić information content (AvgIpc) is 3.84. The van der Waals surface area contributed by atoms with Crippen molar-refractivity contribution in [2.45, 2.75) is 89.5 Å². The maximum atomic E-state index is 16.2. The standard InChI is InChI=1S/C45H44F4N6O5/c1-23-12-29-28-4-2-3-5-34(28)50-39(29)40(54(23)22-36(48)49)38-32(46)15-25(16-33(38)47)42(58)53-10-8-45(9-11-53)17-24(18-45)19-52-20-26-13-30-31(14-27(26)21-52)44(60)55(43(30)59)35-6-7-37(56)51-41(35)57/h2-5,13-16,23-24,35-36,40,50H,6-12,17-22H2,1H3,(H,51,56,57)/t23-,35?,40-/m1/s1. The number of aromatic nitrogens is 1. The number of piperidine rings is 2. The molecule has 3 fully saturated rings. The molecule has 15 heteroatoms. The minimum Gasteiger partial charge on any atom is -0.357 e. The van der Waals surface area contributed by atoms with Crippen LogP contribution in [0.4, 0.5) is 17.6 Å². The third kappa shape index (κ3) is 6.34. The van der Waals surface area contributed by atoms with Crippen molar-refractivity contribution in [1.82, 2.24) is 29.9 Å². The van der Waals surface area contributed by atoms with Crippen molar-refractivity contribution in [3.8, 4) is 0 Å². The fourth-order valence-corrected chi connectivity index (χ4v) is 11.2. The van der Waals surface area contributed by atoms with Gasteiger partial charge in [0.15, 0.2) is 0 Å². The first-order valence-electron chi connectivity index (χ1n) is 20.8. The number of H-pyrrole nitrogens is 1. The van der Waals surface area contributed by atoms with Gasteiger partial charge >= 0.3 is 0 Å². The molecule has 5 aliphatic heterocycles. The van der Waals surface area contributed by atoms with Crippen LogP contribution in [0, 0.1) is 23.0 Å². The van der Waals surface area contributed by atoms with Gasteiger partial charge in [-0.15, -0.1) is 0 Å². The van der Waals surface area contributed by atoms with Crippen LogP contribution < -0.4 is 5.32 Å². The van der Waals surface area contributed by atoms with Crippen LogP contribution in [0.15, 0.2) is 48.5 Å². The predicted octanol–water partition coefficient (Wildman–Crippen LogP) is 6.10. The molecular formula is C45H44F4N6O5. The van der Waals surface area contributed by atoms with Gasteiger partial charge in [0.2, 0.25) is 11.8 Å². The summed E-state index contributed by atoms with van der Waals surface area (Å²) in [6.07, 6.45) is 1.40. The van der Waals surface area contributed by atoms with Gasteiger partial charge in [-0.25, -0.2) is 17.6 Å². The molecule has 1 saturated carbocycles. The Morgan fingerprint density at radius 2 is 1.57 bits per heavy atom. The molecule has 1 unspecified atom stereocenters. The van der Waals surface area contributed by atoms with E-state index in [1.807, 2.05) is 24.3 Å². The van der Waals surface area contributed by atoms with Crippen LogP contribution >= 0.6 is 0 Å². The number of para-hydroxylation sites is 1. The molecule has 1 spiro atoms. The van der Waals surface area contributed by atoms with Gasteiger partial charge in [0.1, 0.15) is 17.7 Å². The van der Waals surface area contributed by atoms with E-state index in [0.29, 0.717) is 44.2 Å². The van der Waals surface area contributed by atoms with E-state index >= 15 is 8.78 Å². The zero-order valence-electron chi connectivity index (χ0n) is 33.0. The first kappa shape index (κ1) is 38.8. The Balaban J connectivity index is 0.768. The highest BCUT2D eigenvalue weighted by Gasteiger charge is 2.49. The molecule has 4 aromatic rings. The summed E-state index contributed by atoms with van der Waals surface area (Å²) >= 11 is 0. The lowest BCUT2D eigenvalue weighted by Crippen LogP contribution is -2.54. The zero-order chi connectivity index (χ0) is 41.8. The fourth-order valence-electron chi connectivity index (χ4n) is 11.2. The number of carbonyl (C=O) groups excluding carboxylic acids is 5. The first-order valence-corrected chi connectivity index (χ1v) is 20.8. The summed E-state index contributed by atoms with van der Waals surface area (Å²) in [6, 6.07) is 10.6. The maximum Gasteiger partial charge on any atom is 0.262 e. The number of alkyl halides is 2. The SMILES string of the molecule is C[C@@H]1Cc2c([nH]c3ccccc23)[C@@H](c2c(F)cc(C(=O)N3CCC4(CC3)CC(CN3Cc5cc6c(cc5C3)C(=O)N(C3CCC(=O)NC3=O)C6=O)C4)cc2F)N1CC(F)F. The number of nitrogens with zero attached hydrogens (tertiary/aromatic N) is 4. The Morgan fingerprint density at radius 3 is 2.20 bits per heavy atom. The number of hydrogen-bond acceptors (Lipinski definition) is 7. The van der Waals surface area contributed by atoms with Crippen LogP contribution in [-0.4, -0.2) is 98.8 Å². The molecule has 10 rings (SSSR count). The van der Waals surface area contributed by atoms with Gasteiger partial charge in [-0.05, 0) is 104 Å². The Morgan fingerprint density at radius 1 is 0.917 bits per heavy atom. The van der Waals surface area contributed by atoms with E-state index in [1.165, 1.54) is 4.90 Å². The highest BCUT2D eigenvalue weighted by Crippen LogP contribution is 2.53. The molecule has 60 heavy (non-hydrogen) atoms. The third-order valence-corrected chi connectivity index (χ3v) is 14.1. The van der Waals surface area contributed by atoms with Gasteiger partial charge in [0.25, 0.3) is 24.1 Å². The van der Waals surface area contributed by atoms with Crippen molar-refractivity contribution in [3.05, 3.63) is 105 Å². The molecule has 6 heterocycles. The van der Waals surface area contributed by atoms with Crippen LogP contribution in [0.1, 0.15) is 111 Å². The van der Waals surface area contributed by atoms with E-state index in [2.05, 4.69) is 15.2 Å². The van der Waals surface area contributed by atoms with Crippen LogP contribution in [0.2, 0.25) is 0 Å². The summed E-state index contributed by atoms with van der Waals surface area (Å²) in [5.41, 5.74) is 4.23. The number of aromatic amines is 1. The monoisotopic (exact) mass is 824 g/mol. The van der Waals surface area contributed by atoms with E-state index in [4.69, 9.17) is 0 Å². The minimum absolute atomic E-state index is 0.0643. The second-order valence-electron chi connectivity index (χ2n) is 17.8. The lowest BCUT2D eigenvalue weighted by molar-refractivity contribution is -0.136. The lowest BCUT2D eigenvalue weighted by Gasteiger charge is -2.53. The van der Waals surface area contributed by atoms with E-state index in [1.54, 1.807) is 24.0 Å². The molecule has 0 bridgehead atoms. The molecule has 11 nitrogen and oxygen atoms in total. The Kier molecular flexibility index (Phi) is 9.28. The molecule has 2 saturated heterocycles. The van der Waals surface area contributed by atoms with Crippen LogP contribution in [-0.2, 0) is 29.1 Å². The number of nitrogens with one attached hydrogen (secondary N) is 2. The third-order valence-electron chi connectivity index (χ3n) is 14.1. The molecule has 3 atom stereocenters. The topological polar surface area (TPSA) is 126 Å². The molecular weight excluding hydrogens is 781 g/mol. The van der Waals surface area contributed by atoms with Crippen molar-refractivity contribution in [3.63, 3.8) is 0 Å². The van der Waals surface area contributed by atoms with Gasteiger partial charge in [0, 0.05) is 72.9 Å². The summed E-state index contributed by atoms with van der Waals surface area (Å²) in [6.45, 7) is 4.13. The number of halogens is 4. The van der Waals surface area contributed by atoms with Gasteiger partial charge in [-0.2, -0.15) is 0 Å². The van der Waals surface area contributed by atoms with Crippen LogP contribution in [0.3, 0.4) is 0 Å². The van der Waals surface area contributed by atoms with Gasteiger partial charge < -0.3 is 9.88 Å². The first-order chi connectivity index (χ1) is 28.8. The number of rotatable bonds is 7. The van der Waals surface area contributed by atoms with Crippen molar-refractivity contribution in [2.75, 3.05) is 26.2 Å². The summed E-state index contributed by atoms with van der Waals surface area (Å²) in [5, 5.41) is 3.11. The summed E-state index contributed by atoms with van der Waals surface area (Å²) in [5.74, 6) is -4.00. The molecule has 5 amide bonds. The molecule has 2 N–H and O–H groups in total. The molecule has 0 radical (unpaired) electrons. The highest BCUT2D eigenvalue weighted by atomic mass is 19.3. The number of likely N-dealkylation sites (tertiary alicyclic amines) is 1. The number of imide groups is 2. The molecule has 312 valence electrons. The Labute approximate surface area is 343 Å². The van der Waals surface area contributed by atoms with Crippen LogP contribution in [0.25, 0.3) is 10.9 Å². The quantitative estimate of drug-likeness (QED) is 0.171. The largest absolute Gasteiger partial charge is 0.357 e. The molecule has 3 aromatic carbocycles. The van der Waals surface area contributed by atoms with Gasteiger partial charge in [-0.3, -0.25) is 44.0 Å². The Bertz CT molecular complexity index is 2440. The average molecular weight is 825 g/mol. The summed E-state index contributed by atoms with van der Waals surface area (Å²) < 4.78 is 60.2. The number of carbonyl (C=O) groups is 5. The van der Waals surface area contributed by atoms with E-state index in [9.17, 15) is 32.8 Å². The smallest absolute Gasteiger partial charge is 0.262 e. The van der Waals surface area contributed by atoms with Gasteiger partial charge in [-0.1, -0.05) is 18.2 Å². The van der Waals surface area contributed by atoms with Crippen molar-refractivity contribution < 1.29 is 41.5 Å². The normalized spacial score (nSPS) is 24.3. The van der Waals surface area contributed by atoms with Gasteiger partial charge in [0.05, 0.1) is 23.7 Å². The van der Waals surface area contributed by atoms with E-state index < -0.39 is 72.3 Å². The lowest BCUT2D eigenvalue weighted by atomic mass is 9.57. The zero-order valence-corrected chi connectivity index (χ0v) is 33.0. The van der Waals surface area contributed by atoms with E-state index in [0.717, 1.165) is 76.9 Å². The fraction of sp³-hybridized carbons (Fsp3) is 0.444. The number of hydrogen-bond donors (Lipinski definition) is 2. The second kappa shape index (κ2) is 14.4.